The lowest BCUT2D eigenvalue weighted by Crippen LogP contribution is -2.18. The van der Waals surface area contributed by atoms with E-state index < -0.39 is 6.03 Å². The molecular weight excluding hydrogens is 88.0 g/mol. The lowest BCUT2D eigenvalue weighted by atomic mass is 11.2. The van der Waals surface area contributed by atoms with Crippen molar-refractivity contribution in [3.8, 4) is 0 Å². The average molecular weight is 94.1 g/mol. The predicted octanol–water partition coefficient (Wildman–Crippen LogP) is -0.959. The van der Waals surface area contributed by atoms with Crippen molar-refractivity contribution in [2.24, 2.45) is 11.5 Å². The maximum Gasteiger partial charge on any atom is 0.309 e. The van der Waals surface area contributed by atoms with E-state index in [1.165, 1.54) is 0 Å². The van der Waals surface area contributed by atoms with E-state index in [9.17, 15) is 0 Å². The predicted molar refractivity (Wildman–Crippen MR) is 19.0 cm³/mol. The molecule has 0 aliphatic heterocycles. The molecule has 0 fully saturated rings. The summed E-state index contributed by atoms with van der Waals surface area (Å²) in [6.45, 7) is 0. The van der Waals surface area contributed by atoms with Crippen molar-refractivity contribution in [1.82, 2.24) is 0 Å². The highest BCUT2D eigenvalue weighted by atomic mass is 17.0. The summed E-state index contributed by atoms with van der Waals surface area (Å²) in [6, 6.07) is -0.833. The third-order valence-electron chi connectivity index (χ3n) is 0. The first kappa shape index (κ1) is 8.95. The number of rotatable bonds is 0. The Morgan fingerprint density at radius 1 is 1.33 bits per heavy atom. The van der Waals surface area contributed by atoms with Gasteiger partial charge in [-0.15, -0.1) is 0 Å². The Kier molecular flexibility index (Phi) is 13.3. The van der Waals surface area contributed by atoms with Gasteiger partial charge in [0.15, 0.2) is 0 Å². The van der Waals surface area contributed by atoms with E-state index in [-0.39, 0.29) is 0 Å². The Morgan fingerprint density at radius 3 is 1.33 bits per heavy atom. The number of carbonyl (C=O) groups is 1. The molecule has 0 saturated carbocycles. The topological polar surface area (TPSA) is 110 Å². The SMILES string of the molecule is NC(N)=O.OO. The van der Waals surface area contributed by atoms with Gasteiger partial charge in [0.1, 0.15) is 0 Å². The zero-order chi connectivity index (χ0) is 5.58. The zero-order valence-corrected chi connectivity index (χ0v) is 2.96. The molecule has 5 heteroatoms. The monoisotopic (exact) mass is 94.0 g/mol. The van der Waals surface area contributed by atoms with E-state index in [1.54, 1.807) is 0 Å². The van der Waals surface area contributed by atoms with Gasteiger partial charge in [-0.3, -0.25) is 10.5 Å². The first-order valence-electron chi connectivity index (χ1n) is 0.981. The molecule has 0 aliphatic rings. The molecule has 0 rings (SSSR count). The second-order valence-electron chi connectivity index (χ2n) is 0.402. The molecule has 38 valence electrons. The minimum Gasteiger partial charge on any atom is -0.352 e. The number of nitrogens with two attached hydrogens (primary N) is 2. The van der Waals surface area contributed by atoms with Crippen LogP contribution in [0.4, 0.5) is 4.79 Å². The van der Waals surface area contributed by atoms with E-state index in [4.69, 9.17) is 15.3 Å². The minimum absolute atomic E-state index is 0.833. The Balaban J connectivity index is 0. The van der Waals surface area contributed by atoms with Crippen LogP contribution in [0.25, 0.3) is 0 Å². The Hall–Kier alpha value is -0.810. The van der Waals surface area contributed by atoms with Gasteiger partial charge in [-0.05, 0) is 0 Å². The van der Waals surface area contributed by atoms with E-state index in [0.29, 0.717) is 0 Å². The second-order valence-corrected chi connectivity index (χ2v) is 0.402. The average Bonchev–Trinajstić information content (AvgIpc) is 1.41. The molecule has 0 aliphatic carbocycles. The van der Waals surface area contributed by atoms with Crippen molar-refractivity contribution < 1.29 is 15.3 Å². The van der Waals surface area contributed by atoms with Crippen molar-refractivity contribution in [2.75, 3.05) is 0 Å². The van der Waals surface area contributed by atoms with Crippen LogP contribution >= 0.6 is 0 Å². The lowest BCUT2D eigenvalue weighted by Gasteiger charge is -1.62. The Morgan fingerprint density at radius 2 is 1.33 bits per heavy atom. The second kappa shape index (κ2) is 8.89. The molecule has 0 unspecified atom stereocenters. The summed E-state index contributed by atoms with van der Waals surface area (Å²) in [4.78, 5) is 9.00. The molecule has 2 amide bonds. The standard InChI is InChI=1S/CH4N2O.H2O2/c2-1(3)4;1-2/h(H4,2,3,4);1-2H. The van der Waals surface area contributed by atoms with E-state index in [0.717, 1.165) is 0 Å². The third-order valence-corrected chi connectivity index (χ3v) is 0. The summed E-state index contributed by atoms with van der Waals surface area (Å²) < 4.78 is 0. The van der Waals surface area contributed by atoms with Crippen LogP contribution in [-0.2, 0) is 0 Å². The minimum atomic E-state index is -0.833. The molecule has 6 heavy (non-hydrogen) atoms. The van der Waals surface area contributed by atoms with Gasteiger partial charge in [0.2, 0.25) is 0 Å². The van der Waals surface area contributed by atoms with Gasteiger partial charge >= 0.3 is 6.03 Å². The largest absolute Gasteiger partial charge is 0.352 e. The van der Waals surface area contributed by atoms with Crippen molar-refractivity contribution in [1.29, 1.82) is 0 Å². The number of primary amides is 2. The zero-order valence-electron chi connectivity index (χ0n) is 2.96. The van der Waals surface area contributed by atoms with Crippen molar-refractivity contribution >= 4 is 6.03 Å². The first-order valence-corrected chi connectivity index (χ1v) is 0.981. The highest BCUT2D eigenvalue weighted by Crippen LogP contribution is 1.25. The summed E-state index contributed by atoms with van der Waals surface area (Å²) in [5.41, 5.74) is 8.50. The van der Waals surface area contributed by atoms with Crippen molar-refractivity contribution in [2.45, 2.75) is 0 Å². The molecule has 0 radical (unpaired) electrons. The van der Waals surface area contributed by atoms with Crippen LogP contribution in [0.15, 0.2) is 0 Å². The summed E-state index contributed by atoms with van der Waals surface area (Å²) in [5.74, 6) is 0. The van der Waals surface area contributed by atoms with Gasteiger partial charge in [0.05, 0.1) is 0 Å². The van der Waals surface area contributed by atoms with Crippen LogP contribution in [0, 0.1) is 0 Å². The van der Waals surface area contributed by atoms with Gasteiger partial charge in [-0.25, -0.2) is 4.79 Å². The van der Waals surface area contributed by atoms with Crippen LogP contribution in [0.2, 0.25) is 0 Å². The van der Waals surface area contributed by atoms with Crippen molar-refractivity contribution in [3.05, 3.63) is 0 Å². The highest BCUT2D eigenvalue weighted by Gasteiger charge is 1.60. The fourth-order valence-corrected chi connectivity index (χ4v) is 0. The molecule has 5 nitrogen and oxygen atoms in total. The maximum atomic E-state index is 9.00. The number of carbonyl (C=O) groups excluding carboxylic acids is 1. The van der Waals surface area contributed by atoms with Gasteiger partial charge < -0.3 is 11.5 Å². The Labute approximate surface area is 34.1 Å². The van der Waals surface area contributed by atoms with Gasteiger partial charge in [-0.2, -0.15) is 0 Å². The van der Waals surface area contributed by atoms with Crippen LogP contribution in [0.1, 0.15) is 0 Å². The summed E-state index contributed by atoms with van der Waals surface area (Å²) in [7, 11) is 0. The smallest absolute Gasteiger partial charge is 0.309 e. The third kappa shape index (κ3) is 23.3. The van der Waals surface area contributed by atoms with Crippen LogP contribution in [0.3, 0.4) is 0 Å². The summed E-state index contributed by atoms with van der Waals surface area (Å²) in [5, 5.41) is 12.0. The van der Waals surface area contributed by atoms with Crippen LogP contribution in [-0.4, -0.2) is 16.5 Å². The van der Waals surface area contributed by atoms with E-state index in [2.05, 4.69) is 11.5 Å². The number of amides is 2. The Bertz CT molecular complexity index is 31.8. The van der Waals surface area contributed by atoms with E-state index in [1.807, 2.05) is 0 Å². The molecule has 0 aromatic heterocycles. The molecule has 0 heterocycles. The fraction of sp³-hybridized carbons (Fsp3) is 0. The van der Waals surface area contributed by atoms with Gasteiger partial charge in [0, 0.05) is 0 Å². The molecular formula is CH6N2O3. The highest BCUT2D eigenvalue weighted by molar-refractivity contribution is 5.69. The first-order chi connectivity index (χ1) is 2.73. The summed E-state index contributed by atoms with van der Waals surface area (Å²) >= 11 is 0. The van der Waals surface area contributed by atoms with Gasteiger partial charge in [0.25, 0.3) is 0 Å². The summed E-state index contributed by atoms with van der Waals surface area (Å²) in [6.07, 6.45) is 0. The van der Waals surface area contributed by atoms with Crippen LogP contribution in [0.5, 0.6) is 0 Å². The van der Waals surface area contributed by atoms with Gasteiger partial charge in [-0.1, -0.05) is 0 Å². The molecule has 0 spiro atoms. The van der Waals surface area contributed by atoms with Crippen LogP contribution < -0.4 is 11.5 Å². The molecule has 0 saturated heterocycles. The number of hydrogen-bond acceptors (Lipinski definition) is 3. The fourth-order valence-electron chi connectivity index (χ4n) is 0. The van der Waals surface area contributed by atoms with Crippen molar-refractivity contribution in [3.63, 3.8) is 0 Å². The number of hydrogen-bond donors (Lipinski definition) is 4. The molecule has 0 aromatic rings. The molecule has 6 N–H and O–H groups in total. The van der Waals surface area contributed by atoms with E-state index >= 15 is 0 Å². The maximum absolute atomic E-state index is 9.00. The normalized spacial score (nSPS) is 5.00. The quantitative estimate of drug-likeness (QED) is 0.229. The molecule has 0 aromatic carbocycles. The lowest BCUT2D eigenvalue weighted by molar-refractivity contribution is -0.176. The molecule has 0 bridgehead atoms. The molecule has 0 atom stereocenters. The number of urea groups is 1.